The summed E-state index contributed by atoms with van der Waals surface area (Å²) in [5.74, 6) is 1.45. The lowest BCUT2D eigenvalue weighted by molar-refractivity contribution is 0.0559. The molecule has 2 rings (SSSR count). The molecule has 0 saturated carbocycles. The zero-order chi connectivity index (χ0) is 44.8. The Balaban J connectivity index is 0.000000966. The highest BCUT2D eigenvalue weighted by Crippen LogP contribution is 2.21. The SMILES string of the molecule is CCCCOCN(COCCCC)c1nc(N(COCCCC)COCCCC)nc(N(COCCCC)COCCCC)n1.CCCCON(CO)c1nc(N)nc(N)n1. The van der Waals surface area contributed by atoms with E-state index >= 15 is 0 Å². The zero-order valence-corrected chi connectivity index (χ0v) is 38.7. The Kier molecular flexibility index (Phi) is 34.8. The molecule has 0 aliphatic carbocycles. The summed E-state index contributed by atoms with van der Waals surface area (Å²) in [6.07, 6.45) is 14.1. The fraction of sp³-hybridized carbons (Fsp3) is 0.854. The van der Waals surface area contributed by atoms with Crippen molar-refractivity contribution in [3.8, 4) is 0 Å². The number of nitrogens with two attached hydrogens (primary N) is 2. The van der Waals surface area contributed by atoms with Crippen molar-refractivity contribution in [2.75, 3.05) is 125 Å². The van der Waals surface area contributed by atoms with Crippen LogP contribution >= 0.6 is 0 Å². The number of rotatable bonds is 39. The third kappa shape index (κ3) is 26.6. The first-order chi connectivity index (χ1) is 29.8. The molecule has 0 aliphatic heterocycles. The summed E-state index contributed by atoms with van der Waals surface area (Å²) in [7, 11) is 0. The molecule has 0 atom stereocenters. The van der Waals surface area contributed by atoms with Crippen LogP contribution in [0.25, 0.3) is 0 Å². The summed E-state index contributed by atoms with van der Waals surface area (Å²) in [4.78, 5) is 37.0. The monoisotopic (exact) mass is 871 g/mol. The lowest BCUT2D eigenvalue weighted by Gasteiger charge is -2.29. The van der Waals surface area contributed by atoms with Gasteiger partial charge in [0.1, 0.15) is 47.1 Å². The Labute approximate surface area is 366 Å². The molecule has 20 heteroatoms. The van der Waals surface area contributed by atoms with Gasteiger partial charge in [0.05, 0.1) is 6.61 Å². The Hall–Kier alpha value is -3.50. The average molecular weight is 871 g/mol. The van der Waals surface area contributed by atoms with Crippen LogP contribution in [0.5, 0.6) is 0 Å². The predicted molar refractivity (Wildman–Crippen MR) is 241 cm³/mol. The molecule has 0 radical (unpaired) electrons. The Morgan fingerprint density at radius 1 is 0.377 bits per heavy atom. The molecule has 20 nitrogen and oxygen atoms in total. The maximum Gasteiger partial charge on any atom is 0.258 e. The van der Waals surface area contributed by atoms with Crippen molar-refractivity contribution < 1.29 is 38.4 Å². The number of ether oxygens (including phenoxy) is 6. The second-order valence-electron chi connectivity index (χ2n) is 14.3. The summed E-state index contributed by atoms with van der Waals surface area (Å²) < 4.78 is 36.2. The van der Waals surface area contributed by atoms with Crippen LogP contribution in [0, 0.1) is 0 Å². The van der Waals surface area contributed by atoms with E-state index in [0.29, 0.717) is 104 Å². The number of aliphatic hydroxyl groups excluding tert-OH is 1. The van der Waals surface area contributed by atoms with Crippen molar-refractivity contribution in [3.05, 3.63) is 0 Å². The summed E-state index contributed by atoms with van der Waals surface area (Å²) >= 11 is 0. The van der Waals surface area contributed by atoms with E-state index < -0.39 is 0 Å². The summed E-state index contributed by atoms with van der Waals surface area (Å²) in [5.41, 5.74) is 10.8. The Morgan fingerprint density at radius 2 is 0.639 bits per heavy atom. The van der Waals surface area contributed by atoms with E-state index in [9.17, 15) is 0 Å². The lowest BCUT2D eigenvalue weighted by Crippen LogP contribution is -2.37. The first-order valence-corrected chi connectivity index (χ1v) is 22.6. The Morgan fingerprint density at radius 3 is 0.885 bits per heavy atom. The zero-order valence-electron chi connectivity index (χ0n) is 38.7. The minimum atomic E-state index is -0.382. The van der Waals surface area contributed by atoms with Gasteiger partial charge in [-0.3, -0.25) is 19.5 Å². The van der Waals surface area contributed by atoms with Crippen LogP contribution in [0.2, 0.25) is 0 Å². The standard InChI is InChI=1S/C33H66N6O6.C8H16N6O2/c1-7-13-19-40-25-37(26-41-20-14-8-2)31-34-32(38(27-42-21-15-9-3)28-43-22-16-10-4)36-33(35-31)39(29-44-23-17-11-5)30-45-24-18-12-6;1-2-3-4-16-14(5-15)8-12-6(9)11-7(10)13-8/h7-30H2,1-6H3;15H,2-5H2,1H3,(H4,9,10,11,12,13). The molecular weight excluding hydrogens is 789 g/mol. The van der Waals surface area contributed by atoms with Crippen LogP contribution in [0.15, 0.2) is 0 Å². The van der Waals surface area contributed by atoms with Crippen LogP contribution in [-0.2, 0) is 33.3 Å². The van der Waals surface area contributed by atoms with E-state index in [1.54, 1.807) is 0 Å². The van der Waals surface area contributed by atoms with Crippen LogP contribution in [0.3, 0.4) is 0 Å². The van der Waals surface area contributed by atoms with E-state index in [1.807, 2.05) is 21.6 Å². The van der Waals surface area contributed by atoms with Gasteiger partial charge in [-0.1, -0.05) is 93.4 Å². The largest absolute Gasteiger partial charge is 0.374 e. The van der Waals surface area contributed by atoms with Gasteiger partial charge in [-0.2, -0.15) is 35.0 Å². The van der Waals surface area contributed by atoms with Crippen LogP contribution in [0.1, 0.15) is 138 Å². The lowest BCUT2D eigenvalue weighted by atomic mass is 10.4. The molecule has 2 aromatic rings. The summed E-state index contributed by atoms with van der Waals surface area (Å²) in [6.45, 7) is 20.7. The van der Waals surface area contributed by atoms with E-state index in [-0.39, 0.29) is 24.6 Å². The number of hydroxylamine groups is 1. The number of nitrogen functional groups attached to an aromatic ring is 2. The second-order valence-corrected chi connectivity index (χ2v) is 14.3. The van der Waals surface area contributed by atoms with Gasteiger partial charge in [0.15, 0.2) is 0 Å². The molecule has 5 N–H and O–H groups in total. The highest BCUT2D eigenvalue weighted by atomic mass is 16.7. The van der Waals surface area contributed by atoms with Gasteiger partial charge in [0.2, 0.25) is 29.7 Å². The van der Waals surface area contributed by atoms with Crippen LogP contribution in [-0.4, -0.2) is 128 Å². The first-order valence-electron chi connectivity index (χ1n) is 22.6. The molecule has 0 spiro atoms. The molecule has 61 heavy (non-hydrogen) atoms. The molecule has 2 aromatic heterocycles. The van der Waals surface area contributed by atoms with Crippen molar-refractivity contribution in [3.63, 3.8) is 0 Å². The predicted octanol–water partition coefficient (Wildman–Crippen LogP) is 6.46. The van der Waals surface area contributed by atoms with E-state index in [2.05, 4.69) is 56.5 Å². The number of nitrogens with zero attached hydrogens (tertiary/aromatic N) is 10. The number of aromatic nitrogens is 6. The molecule has 354 valence electrons. The third-order valence-electron chi connectivity index (χ3n) is 8.54. The topological polar surface area (TPSA) is 227 Å². The Bertz CT molecular complexity index is 1140. The van der Waals surface area contributed by atoms with Gasteiger partial charge in [0.25, 0.3) is 5.95 Å². The van der Waals surface area contributed by atoms with Crippen molar-refractivity contribution >= 4 is 35.7 Å². The van der Waals surface area contributed by atoms with Crippen molar-refractivity contribution in [1.82, 2.24) is 29.9 Å². The van der Waals surface area contributed by atoms with E-state index in [0.717, 1.165) is 95.0 Å². The molecule has 2 heterocycles. The average Bonchev–Trinajstić information content (AvgIpc) is 3.26. The first kappa shape index (κ1) is 55.5. The molecular formula is C41H82N12O8. The van der Waals surface area contributed by atoms with Crippen molar-refractivity contribution in [2.45, 2.75) is 138 Å². The second kappa shape index (κ2) is 38.2. The minimum absolute atomic E-state index is 0.0139. The minimum Gasteiger partial charge on any atom is -0.374 e. The van der Waals surface area contributed by atoms with Gasteiger partial charge in [0, 0.05) is 39.6 Å². The van der Waals surface area contributed by atoms with Gasteiger partial charge in [-0.25, -0.2) is 0 Å². The van der Waals surface area contributed by atoms with Crippen LogP contribution < -0.4 is 31.2 Å². The maximum absolute atomic E-state index is 9.08. The molecule has 0 aliphatic rings. The highest BCUT2D eigenvalue weighted by molar-refractivity contribution is 5.46. The smallest absolute Gasteiger partial charge is 0.258 e. The number of anilines is 6. The highest BCUT2D eigenvalue weighted by Gasteiger charge is 2.22. The fourth-order valence-electron chi connectivity index (χ4n) is 4.74. The van der Waals surface area contributed by atoms with Crippen molar-refractivity contribution in [2.24, 2.45) is 0 Å². The van der Waals surface area contributed by atoms with Gasteiger partial charge in [-0.05, 0) is 44.9 Å². The van der Waals surface area contributed by atoms with Gasteiger partial charge >= 0.3 is 0 Å². The quantitative estimate of drug-likeness (QED) is 0.0372. The molecule has 0 fully saturated rings. The fourth-order valence-corrected chi connectivity index (χ4v) is 4.74. The summed E-state index contributed by atoms with van der Waals surface area (Å²) in [6, 6.07) is 0. The molecule has 0 saturated heterocycles. The van der Waals surface area contributed by atoms with Gasteiger partial charge < -0.3 is 45.0 Å². The molecule has 0 amide bonds. The maximum atomic E-state index is 9.08. The third-order valence-corrected chi connectivity index (χ3v) is 8.54. The molecule has 0 bridgehead atoms. The number of unbranched alkanes of at least 4 members (excludes halogenated alkanes) is 7. The number of hydrogen-bond acceptors (Lipinski definition) is 20. The van der Waals surface area contributed by atoms with E-state index in [4.69, 9.17) is 64.8 Å². The molecule has 0 aromatic carbocycles. The van der Waals surface area contributed by atoms with Gasteiger partial charge in [-0.15, -0.1) is 0 Å². The normalized spacial score (nSPS) is 11.1. The number of hydrogen-bond donors (Lipinski definition) is 3. The molecule has 0 unspecified atom stereocenters. The van der Waals surface area contributed by atoms with Crippen LogP contribution in [0.4, 0.5) is 35.7 Å². The van der Waals surface area contributed by atoms with Crippen molar-refractivity contribution in [1.29, 1.82) is 0 Å². The number of aliphatic hydroxyl groups is 1. The van der Waals surface area contributed by atoms with E-state index in [1.165, 1.54) is 0 Å². The summed E-state index contributed by atoms with van der Waals surface area (Å²) in [5, 5.41) is 10.2.